The lowest BCUT2D eigenvalue weighted by atomic mass is 10.0. The molecule has 0 saturated heterocycles. The van der Waals surface area contributed by atoms with Crippen molar-refractivity contribution in [3.05, 3.63) is 84.4 Å². The quantitative estimate of drug-likeness (QED) is 0.387. The van der Waals surface area contributed by atoms with Crippen molar-refractivity contribution < 1.29 is 19.1 Å². The fraction of sp³-hybridized carbons (Fsp3) is 0.192. The number of nitrogens with zero attached hydrogens (tertiary/aromatic N) is 1. The van der Waals surface area contributed by atoms with Gasteiger partial charge in [0.2, 0.25) is 5.91 Å². The molecule has 1 N–H and O–H groups in total. The molecular formula is C26H26N2O4S. The first kappa shape index (κ1) is 24.1. The molecule has 33 heavy (non-hydrogen) atoms. The van der Waals surface area contributed by atoms with Crippen molar-refractivity contribution in [3.63, 3.8) is 0 Å². The van der Waals surface area contributed by atoms with E-state index in [-0.39, 0.29) is 11.7 Å². The smallest absolute Gasteiger partial charge is 0.340 e. The molecule has 170 valence electrons. The number of carbonyl (C=O) groups is 3. The Kier molecular flexibility index (Phi) is 8.27. The van der Waals surface area contributed by atoms with Crippen molar-refractivity contribution in [3.8, 4) is 11.1 Å². The van der Waals surface area contributed by atoms with E-state index >= 15 is 0 Å². The topological polar surface area (TPSA) is 75.7 Å². The van der Waals surface area contributed by atoms with Gasteiger partial charge < -0.3 is 15.0 Å². The second kappa shape index (κ2) is 11.3. The number of nitrogens with one attached hydrogen (secondary N) is 1. The average Bonchev–Trinajstić information content (AvgIpc) is 2.83. The third-order valence-electron chi connectivity index (χ3n) is 4.88. The highest BCUT2D eigenvalue weighted by molar-refractivity contribution is 8.00. The molecule has 3 aromatic carbocycles. The molecule has 0 aromatic heterocycles. The third-order valence-corrected chi connectivity index (χ3v) is 5.94. The van der Waals surface area contributed by atoms with E-state index in [4.69, 9.17) is 4.74 Å². The van der Waals surface area contributed by atoms with Crippen molar-refractivity contribution in [2.45, 2.75) is 17.9 Å². The average molecular weight is 463 g/mol. The molecule has 7 heteroatoms. The first-order valence-corrected chi connectivity index (χ1v) is 11.4. The van der Waals surface area contributed by atoms with Crippen LogP contribution in [0.25, 0.3) is 11.1 Å². The van der Waals surface area contributed by atoms with E-state index in [0.29, 0.717) is 16.1 Å². The van der Waals surface area contributed by atoms with Crippen LogP contribution in [0.15, 0.2) is 83.8 Å². The molecule has 0 spiro atoms. The van der Waals surface area contributed by atoms with Gasteiger partial charge in [0.25, 0.3) is 5.91 Å². The van der Waals surface area contributed by atoms with E-state index in [0.717, 1.165) is 11.1 Å². The Labute approximate surface area is 197 Å². The van der Waals surface area contributed by atoms with Gasteiger partial charge in [0.15, 0.2) is 6.10 Å². The number of hydrogen-bond acceptors (Lipinski definition) is 5. The highest BCUT2D eigenvalue weighted by atomic mass is 32.2. The molecule has 0 fully saturated rings. The van der Waals surface area contributed by atoms with Crippen molar-refractivity contribution in [2.75, 3.05) is 25.2 Å². The highest BCUT2D eigenvalue weighted by Crippen LogP contribution is 2.28. The maximum atomic E-state index is 12.8. The summed E-state index contributed by atoms with van der Waals surface area (Å²) in [7, 11) is 3.36. The van der Waals surface area contributed by atoms with Gasteiger partial charge in [-0.2, -0.15) is 0 Å². The van der Waals surface area contributed by atoms with Crippen LogP contribution < -0.4 is 5.32 Å². The SMILES string of the molecule is C[C@H](OC(=O)c1ccccc1SCC(=O)N(C)C)C(=O)Nc1ccccc1-c1ccccc1. The zero-order valence-electron chi connectivity index (χ0n) is 18.8. The number of para-hydroxylation sites is 1. The zero-order chi connectivity index (χ0) is 23.8. The van der Waals surface area contributed by atoms with Gasteiger partial charge in [0, 0.05) is 30.2 Å². The van der Waals surface area contributed by atoms with Gasteiger partial charge in [-0.1, -0.05) is 60.7 Å². The van der Waals surface area contributed by atoms with Crippen LogP contribution in [0.1, 0.15) is 17.3 Å². The van der Waals surface area contributed by atoms with Gasteiger partial charge in [0.05, 0.1) is 11.3 Å². The normalized spacial score (nSPS) is 11.4. The van der Waals surface area contributed by atoms with E-state index in [1.54, 1.807) is 38.4 Å². The molecule has 0 heterocycles. The van der Waals surface area contributed by atoms with Gasteiger partial charge in [-0.05, 0) is 30.7 Å². The summed E-state index contributed by atoms with van der Waals surface area (Å²) in [6.45, 7) is 1.53. The molecule has 0 aliphatic rings. The van der Waals surface area contributed by atoms with Crippen LogP contribution in [-0.2, 0) is 14.3 Å². The molecule has 3 rings (SSSR count). The van der Waals surface area contributed by atoms with Crippen LogP contribution >= 0.6 is 11.8 Å². The van der Waals surface area contributed by atoms with Crippen molar-refractivity contribution in [1.82, 2.24) is 4.90 Å². The van der Waals surface area contributed by atoms with Gasteiger partial charge in [-0.25, -0.2) is 4.79 Å². The molecule has 1 atom stereocenters. The highest BCUT2D eigenvalue weighted by Gasteiger charge is 2.22. The second-order valence-corrected chi connectivity index (χ2v) is 8.54. The van der Waals surface area contributed by atoms with E-state index in [1.807, 2.05) is 54.6 Å². The fourth-order valence-corrected chi connectivity index (χ4v) is 4.02. The lowest BCUT2D eigenvalue weighted by Crippen LogP contribution is -2.30. The predicted octanol–water partition coefficient (Wildman–Crippen LogP) is 4.72. The summed E-state index contributed by atoms with van der Waals surface area (Å²) in [6, 6.07) is 24.1. The van der Waals surface area contributed by atoms with Crippen LogP contribution in [0, 0.1) is 0 Å². The van der Waals surface area contributed by atoms with E-state index < -0.39 is 18.0 Å². The number of anilines is 1. The maximum absolute atomic E-state index is 12.8. The largest absolute Gasteiger partial charge is 0.449 e. The van der Waals surface area contributed by atoms with Gasteiger partial charge in [-0.15, -0.1) is 11.8 Å². The molecule has 0 saturated carbocycles. The van der Waals surface area contributed by atoms with E-state index in [9.17, 15) is 14.4 Å². The van der Waals surface area contributed by atoms with Crippen molar-refractivity contribution in [1.29, 1.82) is 0 Å². The Morgan fingerprint density at radius 2 is 1.55 bits per heavy atom. The number of amides is 2. The molecule has 0 unspecified atom stereocenters. The summed E-state index contributed by atoms with van der Waals surface area (Å²) in [5.41, 5.74) is 2.79. The minimum absolute atomic E-state index is 0.0620. The minimum atomic E-state index is -1.01. The number of ether oxygens (including phenoxy) is 1. The van der Waals surface area contributed by atoms with E-state index in [2.05, 4.69) is 5.32 Å². The van der Waals surface area contributed by atoms with Crippen LogP contribution in [0.4, 0.5) is 5.69 Å². The Hall–Kier alpha value is -3.58. The Bertz CT molecular complexity index is 1130. The lowest BCUT2D eigenvalue weighted by molar-refractivity contribution is -0.126. The molecule has 3 aromatic rings. The summed E-state index contributed by atoms with van der Waals surface area (Å²) >= 11 is 1.26. The number of benzene rings is 3. The summed E-state index contributed by atoms with van der Waals surface area (Å²) in [5, 5.41) is 2.86. The number of carbonyl (C=O) groups excluding carboxylic acids is 3. The Balaban J connectivity index is 1.68. The third kappa shape index (κ3) is 6.46. The Morgan fingerprint density at radius 1 is 0.909 bits per heavy atom. The van der Waals surface area contributed by atoms with Gasteiger partial charge in [-0.3, -0.25) is 9.59 Å². The molecule has 0 aliphatic carbocycles. The van der Waals surface area contributed by atoms with Gasteiger partial charge in [0.1, 0.15) is 0 Å². The zero-order valence-corrected chi connectivity index (χ0v) is 19.6. The molecule has 0 radical (unpaired) electrons. The summed E-state index contributed by atoms with van der Waals surface area (Å²) in [6.07, 6.45) is -1.01. The standard InChI is InChI=1S/C26H26N2O4S/c1-18(25(30)27-22-15-9-7-13-20(22)19-11-5-4-6-12-19)32-26(31)21-14-8-10-16-23(21)33-17-24(29)28(2)3/h4-16,18H,17H2,1-3H3,(H,27,30)/t18-/m0/s1. The fourth-order valence-electron chi connectivity index (χ4n) is 3.00. The lowest BCUT2D eigenvalue weighted by Gasteiger charge is -2.17. The summed E-state index contributed by atoms with van der Waals surface area (Å²) in [4.78, 5) is 39.6. The van der Waals surface area contributed by atoms with Crippen LogP contribution in [0.5, 0.6) is 0 Å². The number of rotatable bonds is 8. The monoisotopic (exact) mass is 462 g/mol. The summed E-state index contributed by atoms with van der Waals surface area (Å²) in [5.74, 6) is -0.911. The second-order valence-electron chi connectivity index (χ2n) is 7.52. The number of esters is 1. The minimum Gasteiger partial charge on any atom is -0.449 e. The Morgan fingerprint density at radius 3 is 2.27 bits per heavy atom. The maximum Gasteiger partial charge on any atom is 0.340 e. The van der Waals surface area contributed by atoms with Crippen LogP contribution in [0.2, 0.25) is 0 Å². The van der Waals surface area contributed by atoms with Crippen LogP contribution in [-0.4, -0.2) is 48.6 Å². The van der Waals surface area contributed by atoms with Crippen LogP contribution in [0.3, 0.4) is 0 Å². The molecule has 0 bridgehead atoms. The van der Waals surface area contributed by atoms with Crippen molar-refractivity contribution in [2.24, 2.45) is 0 Å². The number of hydrogen-bond donors (Lipinski definition) is 1. The molecule has 2 amide bonds. The molecular weight excluding hydrogens is 436 g/mol. The number of thioether (sulfide) groups is 1. The van der Waals surface area contributed by atoms with E-state index in [1.165, 1.54) is 23.6 Å². The first-order valence-electron chi connectivity index (χ1n) is 10.4. The first-order chi connectivity index (χ1) is 15.9. The predicted molar refractivity (Wildman–Crippen MR) is 131 cm³/mol. The molecule has 6 nitrogen and oxygen atoms in total. The van der Waals surface area contributed by atoms with Crippen molar-refractivity contribution >= 4 is 35.2 Å². The summed E-state index contributed by atoms with van der Waals surface area (Å²) < 4.78 is 5.45. The molecule has 0 aliphatic heterocycles. The van der Waals surface area contributed by atoms with Gasteiger partial charge >= 0.3 is 5.97 Å².